The number of hydrogen-bond acceptors (Lipinski definition) is 2. The summed E-state index contributed by atoms with van der Waals surface area (Å²) in [5.41, 5.74) is 0.674. The van der Waals surface area contributed by atoms with Crippen LogP contribution in [0.1, 0.15) is 36.7 Å². The van der Waals surface area contributed by atoms with Crippen LogP contribution < -0.4 is 0 Å². The average molecular weight is 245 g/mol. The molecular formula is C9H13BrN2O. The van der Waals surface area contributed by atoms with Crippen LogP contribution in [0.3, 0.4) is 0 Å². The van der Waals surface area contributed by atoms with Crippen molar-refractivity contribution in [3.8, 4) is 0 Å². The lowest BCUT2D eigenvalue weighted by atomic mass is 10.1. The maximum absolute atomic E-state index is 11.6. The normalized spacial score (nSPS) is 10.4. The zero-order chi connectivity index (χ0) is 9.84. The lowest BCUT2D eigenvalue weighted by Crippen LogP contribution is -2.07. The molecule has 0 bridgehead atoms. The molecule has 3 nitrogen and oxygen atoms in total. The van der Waals surface area contributed by atoms with Crippen molar-refractivity contribution in [1.82, 2.24) is 9.78 Å². The molecule has 0 aromatic carbocycles. The summed E-state index contributed by atoms with van der Waals surface area (Å²) < 4.78 is 2.40. The Morgan fingerprint density at radius 3 is 2.85 bits per heavy atom. The third-order valence-electron chi connectivity index (χ3n) is 1.92. The van der Waals surface area contributed by atoms with Crippen LogP contribution in [0, 0.1) is 0 Å². The molecule has 1 heterocycles. The monoisotopic (exact) mass is 244 g/mol. The lowest BCUT2D eigenvalue weighted by molar-refractivity contribution is 0.0970. The van der Waals surface area contributed by atoms with Gasteiger partial charge in [0.1, 0.15) is 5.69 Å². The number of nitrogens with zero attached hydrogens (tertiary/aromatic N) is 2. The van der Waals surface area contributed by atoms with Gasteiger partial charge in [0.2, 0.25) is 0 Å². The quantitative estimate of drug-likeness (QED) is 0.764. The molecule has 0 spiro atoms. The highest BCUT2D eigenvalue weighted by Gasteiger charge is 2.13. The Kier molecular flexibility index (Phi) is 3.66. The van der Waals surface area contributed by atoms with Gasteiger partial charge >= 0.3 is 0 Å². The second kappa shape index (κ2) is 4.56. The second-order valence-electron chi connectivity index (χ2n) is 2.99. The average Bonchev–Trinajstić information content (AvgIpc) is 2.42. The first-order valence-corrected chi connectivity index (χ1v) is 5.16. The van der Waals surface area contributed by atoms with E-state index in [1.807, 2.05) is 0 Å². The molecule has 0 fully saturated rings. The fourth-order valence-corrected chi connectivity index (χ4v) is 1.75. The summed E-state index contributed by atoms with van der Waals surface area (Å²) in [5.74, 6) is 0.161. The van der Waals surface area contributed by atoms with E-state index in [1.165, 1.54) is 0 Å². The summed E-state index contributed by atoms with van der Waals surface area (Å²) in [6, 6.07) is 0. The fourth-order valence-electron chi connectivity index (χ4n) is 1.18. The van der Waals surface area contributed by atoms with Crippen molar-refractivity contribution in [2.24, 2.45) is 7.05 Å². The highest BCUT2D eigenvalue weighted by atomic mass is 79.9. The van der Waals surface area contributed by atoms with Gasteiger partial charge in [-0.05, 0) is 22.4 Å². The Bertz CT molecular complexity index is 287. The largest absolute Gasteiger partial charge is 0.292 e. The first kappa shape index (κ1) is 10.4. The predicted molar refractivity (Wildman–Crippen MR) is 54.8 cm³/mol. The van der Waals surface area contributed by atoms with Crippen LogP contribution in [-0.4, -0.2) is 15.6 Å². The van der Waals surface area contributed by atoms with Gasteiger partial charge in [0.05, 0.1) is 10.7 Å². The van der Waals surface area contributed by atoms with Gasteiger partial charge < -0.3 is 0 Å². The summed E-state index contributed by atoms with van der Waals surface area (Å²) in [6.45, 7) is 2.07. The predicted octanol–water partition coefficient (Wildman–Crippen LogP) is 2.56. The first-order chi connectivity index (χ1) is 6.16. The van der Waals surface area contributed by atoms with E-state index in [2.05, 4.69) is 28.0 Å². The molecule has 0 atom stereocenters. The molecule has 1 rings (SSSR count). The van der Waals surface area contributed by atoms with Crippen LogP contribution in [-0.2, 0) is 7.05 Å². The molecule has 0 saturated carbocycles. The molecule has 4 heteroatoms. The van der Waals surface area contributed by atoms with Crippen LogP contribution >= 0.6 is 15.9 Å². The molecule has 72 valence electrons. The molecule has 0 amide bonds. The summed E-state index contributed by atoms with van der Waals surface area (Å²) >= 11 is 3.31. The molecule has 0 aliphatic carbocycles. The summed E-state index contributed by atoms with van der Waals surface area (Å²) in [7, 11) is 1.78. The van der Waals surface area contributed by atoms with Gasteiger partial charge in [0.15, 0.2) is 5.78 Å². The van der Waals surface area contributed by atoms with Crippen LogP contribution in [0.25, 0.3) is 0 Å². The van der Waals surface area contributed by atoms with Gasteiger partial charge in [-0.2, -0.15) is 5.10 Å². The maximum atomic E-state index is 11.6. The van der Waals surface area contributed by atoms with Gasteiger partial charge in [0.25, 0.3) is 0 Å². The SMILES string of the molecule is CCCCC(=O)c1c(Br)cnn1C. The van der Waals surface area contributed by atoms with Crippen molar-refractivity contribution in [2.45, 2.75) is 26.2 Å². The molecule has 0 aliphatic rings. The van der Waals surface area contributed by atoms with Crippen molar-refractivity contribution in [1.29, 1.82) is 0 Å². The smallest absolute Gasteiger partial charge is 0.182 e. The lowest BCUT2D eigenvalue weighted by Gasteiger charge is -2.00. The number of aromatic nitrogens is 2. The Morgan fingerprint density at radius 2 is 2.38 bits per heavy atom. The van der Waals surface area contributed by atoms with E-state index >= 15 is 0 Å². The molecule has 0 unspecified atom stereocenters. The van der Waals surface area contributed by atoms with Crippen LogP contribution in [0.4, 0.5) is 0 Å². The first-order valence-electron chi connectivity index (χ1n) is 4.37. The minimum atomic E-state index is 0.161. The number of rotatable bonds is 4. The molecule has 0 saturated heterocycles. The van der Waals surface area contributed by atoms with Crippen molar-refractivity contribution in [3.05, 3.63) is 16.4 Å². The van der Waals surface area contributed by atoms with Gasteiger partial charge in [-0.25, -0.2) is 0 Å². The topological polar surface area (TPSA) is 34.9 Å². The molecule has 0 radical (unpaired) electrons. The van der Waals surface area contributed by atoms with E-state index in [4.69, 9.17) is 0 Å². The van der Waals surface area contributed by atoms with Crippen molar-refractivity contribution >= 4 is 21.7 Å². The Hall–Kier alpha value is -0.640. The highest BCUT2D eigenvalue weighted by Crippen LogP contribution is 2.17. The molecule has 1 aromatic rings. The van der Waals surface area contributed by atoms with Crippen LogP contribution in [0.2, 0.25) is 0 Å². The molecule has 13 heavy (non-hydrogen) atoms. The number of carbonyl (C=O) groups excluding carboxylic acids is 1. The van der Waals surface area contributed by atoms with Gasteiger partial charge in [-0.3, -0.25) is 9.48 Å². The van der Waals surface area contributed by atoms with E-state index in [9.17, 15) is 4.79 Å². The summed E-state index contributed by atoms with van der Waals surface area (Å²) in [4.78, 5) is 11.6. The van der Waals surface area contributed by atoms with Crippen molar-refractivity contribution in [3.63, 3.8) is 0 Å². The zero-order valence-corrected chi connectivity index (χ0v) is 9.47. The molecule has 0 aliphatic heterocycles. The fraction of sp³-hybridized carbons (Fsp3) is 0.556. The second-order valence-corrected chi connectivity index (χ2v) is 3.85. The van der Waals surface area contributed by atoms with E-state index < -0.39 is 0 Å². The van der Waals surface area contributed by atoms with Gasteiger partial charge in [-0.15, -0.1) is 0 Å². The molecule has 1 aromatic heterocycles. The highest BCUT2D eigenvalue weighted by molar-refractivity contribution is 9.10. The number of ketones is 1. The van der Waals surface area contributed by atoms with Gasteiger partial charge in [0, 0.05) is 13.5 Å². The van der Waals surface area contributed by atoms with E-state index in [-0.39, 0.29) is 5.78 Å². The number of halogens is 1. The number of aryl methyl sites for hydroxylation is 1. The van der Waals surface area contributed by atoms with Crippen molar-refractivity contribution in [2.75, 3.05) is 0 Å². The Morgan fingerprint density at radius 1 is 1.69 bits per heavy atom. The molecular weight excluding hydrogens is 232 g/mol. The minimum Gasteiger partial charge on any atom is -0.292 e. The number of carbonyl (C=O) groups is 1. The van der Waals surface area contributed by atoms with Crippen molar-refractivity contribution < 1.29 is 4.79 Å². The maximum Gasteiger partial charge on any atom is 0.182 e. The number of Topliss-reactive ketones (excluding diaryl/α,β-unsaturated/α-hetero) is 1. The zero-order valence-electron chi connectivity index (χ0n) is 7.88. The van der Waals surface area contributed by atoms with E-state index in [0.29, 0.717) is 12.1 Å². The Balaban J connectivity index is 2.76. The summed E-state index contributed by atoms with van der Waals surface area (Å²) in [5, 5.41) is 3.99. The summed E-state index contributed by atoms with van der Waals surface area (Å²) in [6.07, 6.45) is 4.24. The van der Waals surface area contributed by atoms with Crippen LogP contribution in [0.5, 0.6) is 0 Å². The minimum absolute atomic E-state index is 0.161. The number of unbranched alkanes of at least 4 members (excludes halogenated alkanes) is 1. The third kappa shape index (κ3) is 2.40. The standard InChI is InChI=1S/C9H13BrN2O/c1-3-4-5-8(13)9-7(10)6-11-12(9)2/h6H,3-5H2,1-2H3. The third-order valence-corrected chi connectivity index (χ3v) is 2.50. The van der Waals surface area contributed by atoms with E-state index in [0.717, 1.165) is 17.3 Å². The van der Waals surface area contributed by atoms with Gasteiger partial charge in [-0.1, -0.05) is 13.3 Å². The number of hydrogen-bond donors (Lipinski definition) is 0. The Labute approximate surface area is 86.3 Å². The molecule has 0 N–H and O–H groups in total. The van der Waals surface area contributed by atoms with E-state index in [1.54, 1.807) is 17.9 Å². The van der Waals surface area contributed by atoms with Crippen LogP contribution in [0.15, 0.2) is 10.7 Å².